The van der Waals surface area contributed by atoms with E-state index in [1.165, 1.54) is 0 Å². The van der Waals surface area contributed by atoms with Gasteiger partial charge in [-0.15, -0.1) is 0 Å². The molecule has 0 aliphatic rings. The highest BCUT2D eigenvalue weighted by atomic mass is 16.6. The first-order valence-corrected chi connectivity index (χ1v) is 6.27. The molecule has 0 fully saturated rings. The fourth-order valence-corrected chi connectivity index (χ4v) is 2.00. The van der Waals surface area contributed by atoms with Crippen LogP contribution in [0, 0.1) is 17.0 Å². The van der Waals surface area contributed by atoms with Crippen molar-refractivity contribution in [2.45, 2.75) is 13.5 Å². The lowest BCUT2D eigenvalue weighted by Crippen LogP contribution is -2.04. The fourth-order valence-electron chi connectivity index (χ4n) is 2.00. The van der Waals surface area contributed by atoms with Crippen LogP contribution < -0.4 is 10.1 Å². The van der Waals surface area contributed by atoms with Gasteiger partial charge in [-0.25, -0.2) is 0 Å². The Morgan fingerprint density at radius 3 is 2.70 bits per heavy atom. The molecule has 1 N–H and O–H groups in total. The Kier molecular flexibility index (Phi) is 4.32. The maximum atomic E-state index is 11.1. The third-order valence-electron chi connectivity index (χ3n) is 2.89. The van der Waals surface area contributed by atoms with Crippen molar-refractivity contribution in [2.75, 3.05) is 7.05 Å². The van der Waals surface area contributed by atoms with Gasteiger partial charge in [0, 0.05) is 12.1 Å². The Morgan fingerprint density at radius 1 is 1.25 bits per heavy atom. The molecule has 0 unspecified atom stereocenters. The van der Waals surface area contributed by atoms with Gasteiger partial charge in [0.2, 0.25) is 5.75 Å². The maximum absolute atomic E-state index is 11.1. The zero-order chi connectivity index (χ0) is 14.5. The number of nitro groups is 1. The molecular weight excluding hydrogens is 256 g/mol. The molecule has 0 aromatic heterocycles. The van der Waals surface area contributed by atoms with Crippen LogP contribution in [-0.2, 0) is 6.54 Å². The summed E-state index contributed by atoms with van der Waals surface area (Å²) in [6.45, 7) is 2.41. The number of rotatable bonds is 5. The summed E-state index contributed by atoms with van der Waals surface area (Å²) in [6, 6.07) is 12.5. The summed E-state index contributed by atoms with van der Waals surface area (Å²) in [5.41, 5.74) is 1.64. The van der Waals surface area contributed by atoms with Crippen LogP contribution in [0.5, 0.6) is 11.5 Å². The molecule has 0 aliphatic heterocycles. The van der Waals surface area contributed by atoms with Crippen molar-refractivity contribution in [1.82, 2.24) is 5.32 Å². The van der Waals surface area contributed by atoms with Gasteiger partial charge in [-0.05, 0) is 37.7 Å². The Morgan fingerprint density at radius 2 is 2.00 bits per heavy atom. The highest BCUT2D eigenvalue weighted by Gasteiger charge is 2.18. The lowest BCUT2D eigenvalue weighted by atomic mass is 10.2. The number of para-hydroxylation sites is 1. The fraction of sp³-hybridized carbons (Fsp3) is 0.200. The SMILES string of the molecule is CNCc1cccc(Oc2cccc(C)c2[N+](=O)[O-])c1. The van der Waals surface area contributed by atoms with Crippen molar-refractivity contribution >= 4 is 5.69 Å². The minimum Gasteiger partial charge on any atom is -0.450 e. The summed E-state index contributed by atoms with van der Waals surface area (Å²) < 4.78 is 5.67. The number of hydrogen-bond donors (Lipinski definition) is 1. The summed E-state index contributed by atoms with van der Waals surface area (Å²) in [7, 11) is 1.86. The van der Waals surface area contributed by atoms with E-state index in [0.29, 0.717) is 17.9 Å². The number of benzene rings is 2. The number of hydrogen-bond acceptors (Lipinski definition) is 4. The molecule has 2 aromatic carbocycles. The number of nitro benzene ring substituents is 1. The van der Waals surface area contributed by atoms with Crippen molar-refractivity contribution < 1.29 is 9.66 Å². The molecule has 2 rings (SSSR count). The highest BCUT2D eigenvalue weighted by Crippen LogP contribution is 2.33. The molecule has 0 saturated heterocycles. The summed E-state index contributed by atoms with van der Waals surface area (Å²) in [4.78, 5) is 10.7. The molecule has 20 heavy (non-hydrogen) atoms. The van der Waals surface area contributed by atoms with Crippen LogP contribution in [0.2, 0.25) is 0 Å². The van der Waals surface area contributed by atoms with Gasteiger partial charge in [0.1, 0.15) is 5.75 Å². The summed E-state index contributed by atoms with van der Waals surface area (Å²) in [5, 5.41) is 14.2. The van der Waals surface area contributed by atoms with Gasteiger partial charge in [0.05, 0.1) is 4.92 Å². The zero-order valence-electron chi connectivity index (χ0n) is 11.4. The number of nitrogens with zero attached hydrogens (tertiary/aromatic N) is 1. The van der Waals surface area contributed by atoms with Crippen LogP contribution >= 0.6 is 0 Å². The molecular formula is C15H16N2O3. The van der Waals surface area contributed by atoms with Crippen LogP contribution in [0.1, 0.15) is 11.1 Å². The molecule has 2 aromatic rings. The molecule has 0 aliphatic carbocycles. The van der Waals surface area contributed by atoms with Crippen molar-refractivity contribution in [3.63, 3.8) is 0 Å². The van der Waals surface area contributed by atoms with Crippen molar-refractivity contribution in [3.8, 4) is 11.5 Å². The molecule has 0 amide bonds. The van der Waals surface area contributed by atoms with E-state index in [1.54, 1.807) is 31.2 Å². The molecule has 0 saturated carbocycles. The Balaban J connectivity index is 2.32. The van der Waals surface area contributed by atoms with Crippen molar-refractivity contribution in [1.29, 1.82) is 0 Å². The van der Waals surface area contributed by atoms with Gasteiger partial charge in [0.15, 0.2) is 0 Å². The molecule has 5 heteroatoms. The smallest absolute Gasteiger partial charge is 0.314 e. The van der Waals surface area contributed by atoms with Crippen molar-refractivity contribution in [2.24, 2.45) is 0 Å². The third kappa shape index (κ3) is 3.13. The second-order valence-corrected chi connectivity index (χ2v) is 4.46. The van der Waals surface area contributed by atoms with Crippen LogP contribution in [0.4, 0.5) is 5.69 Å². The van der Waals surface area contributed by atoms with Crippen molar-refractivity contribution in [3.05, 3.63) is 63.7 Å². The van der Waals surface area contributed by atoms with E-state index in [1.807, 2.05) is 25.2 Å². The Labute approximate surface area is 117 Å². The second kappa shape index (κ2) is 6.16. The van der Waals surface area contributed by atoms with Gasteiger partial charge in [-0.3, -0.25) is 10.1 Å². The lowest BCUT2D eigenvalue weighted by Gasteiger charge is -2.09. The lowest BCUT2D eigenvalue weighted by molar-refractivity contribution is -0.386. The molecule has 0 bridgehead atoms. The Hall–Kier alpha value is -2.40. The van der Waals surface area contributed by atoms with E-state index >= 15 is 0 Å². The summed E-state index contributed by atoms with van der Waals surface area (Å²) in [5.74, 6) is 0.850. The van der Waals surface area contributed by atoms with E-state index in [2.05, 4.69) is 5.32 Å². The first-order valence-electron chi connectivity index (χ1n) is 6.27. The van der Waals surface area contributed by atoms with Gasteiger partial charge in [0.25, 0.3) is 0 Å². The van der Waals surface area contributed by atoms with Gasteiger partial charge >= 0.3 is 5.69 Å². The summed E-state index contributed by atoms with van der Waals surface area (Å²) in [6.07, 6.45) is 0. The molecule has 0 atom stereocenters. The number of nitrogens with one attached hydrogen (secondary N) is 1. The molecule has 0 spiro atoms. The average molecular weight is 272 g/mol. The van der Waals surface area contributed by atoms with Crippen LogP contribution in [0.15, 0.2) is 42.5 Å². The number of aryl methyl sites for hydroxylation is 1. The molecule has 5 nitrogen and oxygen atoms in total. The predicted octanol–water partition coefficient (Wildman–Crippen LogP) is 3.41. The van der Waals surface area contributed by atoms with Gasteiger partial charge in [-0.2, -0.15) is 0 Å². The van der Waals surface area contributed by atoms with Crippen LogP contribution in [-0.4, -0.2) is 12.0 Å². The van der Waals surface area contributed by atoms with E-state index < -0.39 is 4.92 Å². The number of ether oxygens (including phenoxy) is 1. The van der Waals surface area contributed by atoms with Crippen LogP contribution in [0.25, 0.3) is 0 Å². The topological polar surface area (TPSA) is 64.4 Å². The van der Waals surface area contributed by atoms with E-state index in [0.717, 1.165) is 5.56 Å². The quantitative estimate of drug-likeness (QED) is 0.669. The normalized spacial score (nSPS) is 10.3. The zero-order valence-corrected chi connectivity index (χ0v) is 11.4. The third-order valence-corrected chi connectivity index (χ3v) is 2.89. The van der Waals surface area contributed by atoms with E-state index in [-0.39, 0.29) is 11.4 Å². The minimum absolute atomic E-state index is 0.00604. The highest BCUT2D eigenvalue weighted by molar-refractivity contribution is 5.53. The van der Waals surface area contributed by atoms with Crippen LogP contribution in [0.3, 0.4) is 0 Å². The monoisotopic (exact) mass is 272 g/mol. The first-order chi connectivity index (χ1) is 9.61. The van der Waals surface area contributed by atoms with Gasteiger partial charge in [-0.1, -0.05) is 24.3 Å². The average Bonchev–Trinajstić information content (AvgIpc) is 2.39. The first kappa shape index (κ1) is 14.0. The largest absolute Gasteiger partial charge is 0.450 e. The Bertz CT molecular complexity index is 626. The van der Waals surface area contributed by atoms with E-state index in [4.69, 9.17) is 4.74 Å². The minimum atomic E-state index is -0.415. The predicted molar refractivity (Wildman–Crippen MR) is 77.1 cm³/mol. The summed E-state index contributed by atoms with van der Waals surface area (Å²) >= 11 is 0. The molecule has 0 radical (unpaired) electrons. The van der Waals surface area contributed by atoms with Gasteiger partial charge < -0.3 is 10.1 Å². The standard InChI is InChI=1S/C15H16N2O3/c1-11-5-3-8-14(15(11)17(18)19)20-13-7-4-6-12(9-13)10-16-2/h3-9,16H,10H2,1-2H3. The maximum Gasteiger partial charge on any atom is 0.314 e. The second-order valence-electron chi connectivity index (χ2n) is 4.46. The molecule has 0 heterocycles. The van der Waals surface area contributed by atoms with E-state index in [9.17, 15) is 10.1 Å². The molecule has 104 valence electrons.